The lowest BCUT2D eigenvalue weighted by molar-refractivity contribution is -0.143. The molecule has 1 fully saturated rings. The average molecular weight is 227 g/mol. The Morgan fingerprint density at radius 1 is 1.50 bits per heavy atom. The molecule has 1 unspecified atom stereocenters. The van der Waals surface area contributed by atoms with Crippen LogP contribution in [0.1, 0.15) is 46.5 Å². The fourth-order valence-electron chi connectivity index (χ4n) is 2.74. The summed E-state index contributed by atoms with van der Waals surface area (Å²) in [6, 6.07) is -0.248. The highest BCUT2D eigenvalue weighted by atomic mass is 16.4. The van der Waals surface area contributed by atoms with Gasteiger partial charge in [-0.05, 0) is 37.6 Å². The zero-order chi connectivity index (χ0) is 12.1. The van der Waals surface area contributed by atoms with Crippen molar-refractivity contribution in [1.29, 1.82) is 0 Å². The van der Waals surface area contributed by atoms with Gasteiger partial charge in [-0.3, -0.25) is 9.69 Å². The molecule has 1 heterocycles. The summed E-state index contributed by atoms with van der Waals surface area (Å²) in [7, 11) is 0. The molecule has 0 bridgehead atoms. The molecule has 3 nitrogen and oxygen atoms in total. The van der Waals surface area contributed by atoms with Crippen LogP contribution in [0.3, 0.4) is 0 Å². The lowest BCUT2D eigenvalue weighted by atomic mass is 9.96. The number of nitrogens with zero attached hydrogens (tertiary/aromatic N) is 1. The zero-order valence-electron chi connectivity index (χ0n) is 10.8. The van der Waals surface area contributed by atoms with Gasteiger partial charge in [0.2, 0.25) is 0 Å². The summed E-state index contributed by atoms with van der Waals surface area (Å²) in [6.45, 7) is 8.48. The van der Waals surface area contributed by atoms with Crippen molar-refractivity contribution in [2.24, 2.45) is 11.8 Å². The lowest BCUT2D eigenvalue weighted by Gasteiger charge is -2.24. The van der Waals surface area contributed by atoms with Gasteiger partial charge in [-0.2, -0.15) is 0 Å². The number of hydrogen-bond acceptors (Lipinski definition) is 2. The Bertz CT molecular complexity index is 228. The second kappa shape index (κ2) is 6.24. The van der Waals surface area contributed by atoms with E-state index in [1.807, 2.05) is 0 Å². The van der Waals surface area contributed by atoms with Gasteiger partial charge < -0.3 is 5.11 Å². The summed E-state index contributed by atoms with van der Waals surface area (Å²) >= 11 is 0. The topological polar surface area (TPSA) is 40.5 Å². The summed E-state index contributed by atoms with van der Waals surface area (Å²) in [6.07, 6.45) is 4.13. The van der Waals surface area contributed by atoms with Crippen LogP contribution in [-0.2, 0) is 4.79 Å². The van der Waals surface area contributed by atoms with Crippen LogP contribution in [-0.4, -0.2) is 35.1 Å². The Kier molecular flexibility index (Phi) is 5.26. The van der Waals surface area contributed by atoms with E-state index >= 15 is 0 Å². The molecule has 94 valence electrons. The van der Waals surface area contributed by atoms with Gasteiger partial charge in [0.25, 0.3) is 0 Å². The molecule has 1 rings (SSSR count). The van der Waals surface area contributed by atoms with E-state index in [1.54, 1.807) is 0 Å². The first-order chi connectivity index (χ1) is 7.54. The molecule has 0 aliphatic carbocycles. The fourth-order valence-corrected chi connectivity index (χ4v) is 2.74. The van der Waals surface area contributed by atoms with Crippen LogP contribution in [0.25, 0.3) is 0 Å². The van der Waals surface area contributed by atoms with E-state index in [2.05, 4.69) is 25.7 Å². The van der Waals surface area contributed by atoms with Crippen molar-refractivity contribution in [1.82, 2.24) is 4.90 Å². The van der Waals surface area contributed by atoms with Crippen molar-refractivity contribution >= 4 is 5.97 Å². The largest absolute Gasteiger partial charge is 0.480 e. The van der Waals surface area contributed by atoms with E-state index in [-0.39, 0.29) is 6.04 Å². The summed E-state index contributed by atoms with van der Waals surface area (Å²) in [4.78, 5) is 13.3. The fraction of sp³-hybridized carbons (Fsp3) is 0.923. The quantitative estimate of drug-likeness (QED) is 0.758. The molecule has 2 atom stereocenters. The molecule has 0 aromatic heterocycles. The third-order valence-electron chi connectivity index (χ3n) is 3.41. The maximum absolute atomic E-state index is 11.2. The molecule has 1 aliphatic heterocycles. The molecule has 0 saturated carbocycles. The molecular formula is C13H25NO2. The SMILES string of the molecule is CCCC(C(=O)O)N1CC[C@@H](CC(C)C)C1. The van der Waals surface area contributed by atoms with Crippen molar-refractivity contribution in [3.63, 3.8) is 0 Å². The van der Waals surface area contributed by atoms with Crippen LogP contribution in [0, 0.1) is 11.8 Å². The van der Waals surface area contributed by atoms with E-state index in [0.29, 0.717) is 5.92 Å². The van der Waals surface area contributed by atoms with Crippen molar-refractivity contribution in [3.05, 3.63) is 0 Å². The van der Waals surface area contributed by atoms with E-state index in [0.717, 1.165) is 31.8 Å². The van der Waals surface area contributed by atoms with Gasteiger partial charge in [-0.25, -0.2) is 0 Å². The Hall–Kier alpha value is -0.570. The van der Waals surface area contributed by atoms with Gasteiger partial charge in [0.05, 0.1) is 0 Å². The molecule has 0 spiro atoms. The Balaban J connectivity index is 2.46. The van der Waals surface area contributed by atoms with Gasteiger partial charge in [-0.1, -0.05) is 27.2 Å². The average Bonchev–Trinajstić information content (AvgIpc) is 2.60. The molecule has 1 aliphatic rings. The van der Waals surface area contributed by atoms with Gasteiger partial charge in [0.1, 0.15) is 6.04 Å². The highest BCUT2D eigenvalue weighted by molar-refractivity contribution is 5.73. The van der Waals surface area contributed by atoms with Crippen molar-refractivity contribution in [2.75, 3.05) is 13.1 Å². The minimum absolute atomic E-state index is 0.248. The molecule has 0 radical (unpaired) electrons. The Morgan fingerprint density at radius 3 is 2.69 bits per heavy atom. The second-order valence-electron chi connectivity index (χ2n) is 5.42. The van der Waals surface area contributed by atoms with Gasteiger partial charge in [0.15, 0.2) is 0 Å². The monoisotopic (exact) mass is 227 g/mol. The molecule has 0 amide bonds. The molecule has 0 aromatic carbocycles. The van der Waals surface area contributed by atoms with Gasteiger partial charge in [-0.15, -0.1) is 0 Å². The highest BCUT2D eigenvalue weighted by Gasteiger charge is 2.31. The maximum atomic E-state index is 11.2. The van der Waals surface area contributed by atoms with E-state index in [9.17, 15) is 9.90 Å². The summed E-state index contributed by atoms with van der Waals surface area (Å²) in [5, 5.41) is 9.19. The molecule has 0 aromatic rings. The maximum Gasteiger partial charge on any atom is 0.320 e. The number of likely N-dealkylation sites (tertiary alicyclic amines) is 1. The van der Waals surface area contributed by atoms with Crippen molar-refractivity contribution in [2.45, 2.75) is 52.5 Å². The zero-order valence-corrected chi connectivity index (χ0v) is 10.8. The summed E-state index contributed by atoms with van der Waals surface area (Å²) < 4.78 is 0. The Morgan fingerprint density at radius 2 is 2.19 bits per heavy atom. The van der Waals surface area contributed by atoms with Gasteiger partial charge >= 0.3 is 5.97 Å². The van der Waals surface area contributed by atoms with E-state index in [4.69, 9.17) is 0 Å². The number of rotatable bonds is 6. The number of carboxylic acid groups (broad SMARTS) is 1. The number of carbonyl (C=O) groups is 1. The number of carboxylic acids is 1. The second-order valence-corrected chi connectivity index (χ2v) is 5.42. The first kappa shape index (κ1) is 13.5. The number of aliphatic carboxylic acids is 1. The molecule has 1 saturated heterocycles. The van der Waals surface area contributed by atoms with Crippen LogP contribution in [0.2, 0.25) is 0 Å². The third kappa shape index (κ3) is 3.78. The van der Waals surface area contributed by atoms with Crippen LogP contribution in [0.4, 0.5) is 0 Å². The third-order valence-corrected chi connectivity index (χ3v) is 3.41. The predicted octanol–water partition coefficient (Wildman–Crippen LogP) is 2.61. The summed E-state index contributed by atoms with van der Waals surface area (Å²) in [5.41, 5.74) is 0. The van der Waals surface area contributed by atoms with Crippen molar-refractivity contribution in [3.8, 4) is 0 Å². The first-order valence-corrected chi connectivity index (χ1v) is 6.51. The normalized spacial score (nSPS) is 23.9. The molecule has 3 heteroatoms. The van der Waals surface area contributed by atoms with E-state index < -0.39 is 5.97 Å². The van der Waals surface area contributed by atoms with Crippen LogP contribution >= 0.6 is 0 Å². The predicted molar refractivity (Wildman–Crippen MR) is 65.5 cm³/mol. The Labute approximate surface area is 98.8 Å². The van der Waals surface area contributed by atoms with Crippen molar-refractivity contribution < 1.29 is 9.90 Å². The minimum atomic E-state index is -0.646. The first-order valence-electron chi connectivity index (χ1n) is 6.51. The highest BCUT2D eigenvalue weighted by Crippen LogP contribution is 2.25. The standard InChI is InChI=1S/C13H25NO2/c1-4-5-12(13(15)16)14-7-6-11(9-14)8-10(2)3/h10-12H,4-9H2,1-3H3,(H,15,16)/t11-,12?/m0/s1. The lowest BCUT2D eigenvalue weighted by Crippen LogP contribution is -2.39. The molecule has 16 heavy (non-hydrogen) atoms. The molecular weight excluding hydrogens is 202 g/mol. The van der Waals surface area contributed by atoms with Gasteiger partial charge in [0, 0.05) is 6.54 Å². The van der Waals surface area contributed by atoms with Crippen LogP contribution in [0.15, 0.2) is 0 Å². The molecule has 1 N–H and O–H groups in total. The van der Waals surface area contributed by atoms with Crippen LogP contribution in [0.5, 0.6) is 0 Å². The minimum Gasteiger partial charge on any atom is -0.480 e. The smallest absolute Gasteiger partial charge is 0.320 e. The van der Waals surface area contributed by atoms with Crippen LogP contribution < -0.4 is 0 Å². The number of hydrogen-bond donors (Lipinski definition) is 1. The van der Waals surface area contributed by atoms with E-state index in [1.165, 1.54) is 12.8 Å². The summed E-state index contributed by atoms with van der Waals surface area (Å²) in [5.74, 6) is 0.783.